The Morgan fingerprint density at radius 3 is 2.57 bits per heavy atom. The first-order valence-corrected chi connectivity index (χ1v) is 9.74. The number of hydrogen-bond donors (Lipinski definition) is 1. The average molecular weight is 333 g/mol. The fraction of sp³-hybridized carbons (Fsp3) is 0.529. The van der Waals surface area contributed by atoms with Gasteiger partial charge in [0.2, 0.25) is 10.0 Å². The third kappa shape index (κ3) is 2.31. The Kier molecular flexibility index (Phi) is 3.51. The number of sulfonamides is 1. The first-order valence-electron chi connectivity index (χ1n) is 8.30. The fourth-order valence-electron chi connectivity index (χ4n) is 3.79. The normalized spacial score (nSPS) is 22.3. The lowest BCUT2D eigenvalue weighted by Crippen LogP contribution is -2.43. The van der Waals surface area contributed by atoms with Crippen molar-refractivity contribution in [1.29, 1.82) is 0 Å². The largest absolute Gasteiger partial charge is 0.347 e. The van der Waals surface area contributed by atoms with Crippen LogP contribution in [0.3, 0.4) is 0 Å². The van der Waals surface area contributed by atoms with Crippen molar-refractivity contribution in [3.8, 4) is 0 Å². The van der Waals surface area contributed by atoms with Crippen LogP contribution in [0.4, 0.5) is 0 Å². The predicted octanol–water partition coefficient (Wildman–Crippen LogP) is 2.00. The van der Waals surface area contributed by atoms with Crippen molar-refractivity contribution < 1.29 is 8.42 Å². The molecule has 1 aliphatic heterocycles. The van der Waals surface area contributed by atoms with E-state index in [1.807, 2.05) is 47.1 Å². The molecule has 2 aliphatic rings. The van der Waals surface area contributed by atoms with Crippen LogP contribution in [0, 0.1) is 6.92 Å². The highest BCUT2D eigenvalue weighted by Gasteiger charge is 2.44. The Balaban J connectivity index is 1.89. The highest BCUT2D eigenvalue weighted by atomic mass is 32.2. The topological polar surface area (TPSA) is 54.3 Å². The SMILES string of the molecule is Cc1c(S(=O)(=O)N(C2CC2)C2CCNC2)c2ccccc2n1C. The van der Waals surface area contributed by atoms with E-state index >= 15 is 0 Å². The second kappa shape index (κ2) is 5.33. The fourth-order valence-corrected chi connectivity index (χ4v) is 6.14. The van der Waals surface area contributed by atoms with E-state index < -0.39 is 10.0 Å². The van der Waals surface area contributed by atoms with Crippen LogP contribution in [0.25, 0.3) is 10.9 Å². The van der Waals surface area contributed by atoms with E-state index in [2.05, 4.69) is 5.32 Å². The second-order valence-corrected chi connectivity index (χ2v) is 8.48. The molecule has 1 atom stereocenters. The van der Waals surface area contributed by atoms with E-state index in [4.69, 9.17) is 0 Å². The molecule has 1 aromatic heterocycles. The van der Waals surface area contributed by atoms with Crippen molar-refractivity contribution >= 4 is 20.9 Å². The molecule has 5 nitrogen and oxygen atoms in total. The number of nitrogens with zero attached hydrogens (tertiary/aromatic N) is 2. The Bertz CT molecular complexity index is 846. The standard InChI is InChI=1S/C17H23N3O2S/c1-12-17(15-5-3-4-6-16(15)19(12)2)23(21,22)20(13-7-8-13)14-9-10-18-11-14/h3-6,13-14,18H,7-11H2,1-2H3. The molecular formula is C17H23N3O2S. The smallest absolute Gasteiger partial charge is 0.246 e. The molecule has 0 radical (unpaired) electrons. The second-order valence-electron chi connectivity index (χ2n) is 6.70. The van der Waals surface area contributed by atoms with E-state index in [1.165, 1.54) is 0 Å². The van der Waals surface area contributed by atoms with E-state index in [1.54, 1.807) is 0 Å². The van der Waals surface area contributed by atoms with E-state index in [0.29, 0.717) is 4.90 Å². The first-order chi connectivity index (χ1) is 11.0. The van der Waals surface area contributed by atoms with E-state index in [0.717, 1.165) is 48.9 Å². The minimum Gasteiger partial charge on any atom is -0.347 e. The van der Waals surface area contributed by atoms with Crippen molar-refractivity contribution in [3.63, 3.8) is 0 Å². The van der Waals surface area contributed by atoms with Crippen LogP contribution < -0.4 is 5.32 Å². The van der Waals surface area contributed by atoms with Crippen molar-refractivity contribution in [1.82, 2.24) is 14.2 Å². The van der Waals surface area contributed by atoms with Crippen molar-refractivity contribution in [2.75, 3.05) is 13.1 Å². The van der Waals surface area contributed by atoms with Gasteiger partial charge < -0.3 is 9.88 Å². The van der Waals surface area contributed by atoms with Crippen molar-refractivity contribution in [2.45, 2.75) is 43.2 Å². The number of hydrogen-bond acceptors (Lipinski definition) is 3. The van der Waals surface area contributed by atoms with Gasteiger partial charge in [0.1, 0.15) is 4.90 Å². The van der Waals surface area contributed by atoms with Crippen LogP contribution in [0.15, 0.2) is 29.2 Å². The summed E-state index contributed by atoms with van der Waals surface area (Å²) in [5, 5.41) is 4.14. The highest BCUT2D eigenvalue weighted by Crippen LogP contribution is 2.39. The molecule has 1 saturated carbocycles. The number of aromatic nitrogens is 1. The molecule has 1 unspecified atom stereocenters. The minimum absolute atomic E-state index is 0.0888. The molecule has 0 bridgehead atoms. The van der Waals surface area contributed by atoms with Gasteiger partial charge in [-0.25, -0.2) is 8.42 Å². The summed E-state index contributed by atoms with van der Waals surface area (Å²) >= 11 is 0. The number of nitrogens with one attached hydrogen (secondary N) is 1. The zero-order valence-electron chi connectivity index (χ0n) is 13.6. The summed E-state index contributed by atoms with van der Waals surface area (Å²) in [6, 6.07) is 8.05. The quantitative estimate of drug-likeness (QED) is 0.931. The highest BCUT2D eigenvalue weighted by molar-refractivity contribution is 7.89. The molecule has 23 heavy (non-hydrogen) atoms. The van der Waals surface area contributed by atoms with Crippen molar-refractivity contribution in [3.05, 3.63) is 30.0 Å². The molecule has 1 aliphatic carbocycles. The van der Waals surface area contributed by atoms with Gasteiger partial charge in [0.15, 0.2) is 0 Å². The molecular weight excluding hydrogens is 310 g/mol. The Hall–Kier alpha value is -1.37. The molecule has 1 saturated heterocycles. The van der Waals surface area contributed by atoms with Crippen LogP contribution >= 0.6 is 0 Å². The van der Waals surface area contributed by atoms with E-state index in [-0.39, 0.29) is 12.1 Å². The average Bonchev–Trinajstić information content (AvgIpc) is 3.12. The maximum atomic E-state index is 13.5. The van der Waals surface area contributed by atoms with Gasteiger partial charge in [0, 0.05) is 42.3 Å². The molecule has 2 heterocycles. The zero-order valence-corrected chi connectivity index (χ0v) is 14.4. The van der Waals surface area contributed by atoms with Gasteiger partial charge >= 0.3 is 0 Å². The monoisotopic (exact) mass is 333 g/mol. The van der Waals surface area contributed by atoms with Crippen LogP contribution in [-0.2, 0) is 17.1 Å². The molecule has 2 aromatic rings. The third-order valence-electron chi connectivity index (χ3n) is 5.18. The van der Waals surface area contributed by atoms with Gasteiger partial charge in [0.05, 0.1) is 0 Å². The maximum Gasteiger partial charge on any atom is 0.246 e. The number of rotatable bonds is 4. The Morgan fingerprint density at radius 1 is 1.17 bits per heavy atom. The lowest BCUT2D eigenvalue weighted by Gasteiger charge is -2.27. The van der Waals surface area contributed by atoms with Gasteiger partial charge in [-0.15, -0.1) is 0 Å². The molecule has 1 N–H and O–H groups in total. The molecule has 4 rings (SSSR count). The molecule has 0 spiro atoms. The number of fused-ring (bicyclic) bond motifs is 1. The van der Waals surface area contributed by atoms with Crippen LogP contribution in [-0.4, -0.2) is 42.5 Å². The van der Waals surface area contributed by atoms with Gasteiger partial charge in [-0.05, 0) is 38.8 Å². The van der Waals surface area contributed by atoms with Crippen LogP contribution in [0.1, 0.15) is 25.0 Å². The summed E-state index contributed by atoms with van der Waals surface area (Å²) in [6.45, 7) is 3.57. The Morgan fingerprint density at radius 2 is 1.91 bits per heavy atom. The molecule has 0 amide bonds. The lowest BCUT2D eigenvalue weighted by molar-refractivity contribution is 0.327. The third-order valence-corrected chi connectivity index (χ3v) is 7.36. The number of para-hydroxylation sites is 1. The van der Waals surface area contributed by atoms with E-state index in [9.17, 15) is 8.42 Å². The lowest BCUT2D eigenvalue weighted by atomic mass is 10.2. The molecule has 124 valence electrons. The predicted molar refractivity (Wildman–Crippen MR) is 91.0 cm³/mol. The summed E-state index contributed by atoms with van der Waals surface area (Å²) in [4.78, 5) is 0.495. The van der Waals surface area contributed by atoms with Crippen LogP contribution in [0.5, 0.6) is 0 Å². The first kappa shape index (κ1) is 15.2. The molecule has 6 heteroatoms. The molecule has 1 aromatic carbocycles. The molecule has 2 fully saturated rings. The van der Waals surface area contributed by atoms with Crippen LogP contribution in [0.2, 0.25) is 0 Å². The zero-order chi connectivity index (χ0) is 16.2. The summed E-state index contributed by atoms with van der Waals surface area (Å²) in [6.07, 6.45) is 2.87. The maximum absolute atomic E-state index is 13.5. The van der Waals surface area contributed by atoms with Gasteiger partial charge in [-0.1, -0.05) is 18.2 Å². The number of benzene rings is 1. The summed E-state index contributed by atoms with van der Waals surface area (Å²) in [5.41, 5.74) is 1.80. The van der Waals surface area contributed by atoms with Gasteiger partial charge in [-0.2, -0.15) is 4.31 Å². The minimum atomic E-state index is -3.49. The number of aryl methyl sites for hydroxylation is 1. The Labute approximate surface area is 137 Å². The summed E-state index contributed by atoms with van der Waals surface area (Å²) in [5.74, 6) is 0. The van der Waals surface area contributed by atoms with Gasteiger partial charge in [-0.3, -0.25) is 0 Å². The summed E-state index contributed by atoms with van der Waals surface area (Å²) in [7, 11) is -1.55. The summed E-state index contributed by atoms with van der Waals surface area (Å²) < 4.78 is 30.9. The van der Waals surface area contributed by atoms with Crippen molar-refractivity contribution in [2.24, 2.45) is 7.05 Å². The van der Waals surface area contributed by atoms with Gasteiger partial charge in [0.25, 0.3) is 0 Å².